The van der Waals surface area contributed by atoms with Crippen LogP contribution >= 0.6 is 0 Å². The van der Waals surface area contributed by atoms with E-state index in [4.69, 9.17) is 4.74 Å². The second-order valence-electron chi connectivity index (χ2n) is 5.09. The van der Waals surface area contributed by atoms with Crippen LogP contribution in [0.3, 0.4) is 0 Å². The first-order chi connectivity index (χ1) is 9.19. The summed E-state index contributed by atoms with van der Waals surface area (Å²) in [7, 11) is 0. The first-order valence-corrected chi connectivity index (χ1v) is 7.44. The van der Waals surface area contributed by atoms with Gasteiger partial charge in [0.05, 0.1) is 12.5 Å². The van der Waals surface area contributed by atoms with Crippen molar-refractivity contribution in [2.45, 2.75) is 58.8 Å². The second kappa shape index (κ2) is 8.73. The van der Waals surface area contributed by atoms with E-state index in [1.807, 2.05) is 19.1 Å². The van der Waals surface area contributed by atoms with Gasteiger partial charge in [0, 0.05) is 0 Å². The van der Waals surface area contributed by atoms with E-state index in [-0.39, 0.29) is 11.9 Å². The molecule has 0 fully saturated rings. The molecule has 0 aliphatic carbocycles. The first-order valence-electron chi connectivity index (χ1n) is 7.44. The maximum Gasteiger partial charge on any atom is 0.313 e. The van der Waals surface area contributed by atoms with Crippen molar-refractivity contribution in [3.8, 4) is 0 Å². The first kappa shape index (κ1) is 15.7. The van der Waals surface area contributed by atoms with Crippen molar-refractivity contribution in [2.75, 3.05) is 6.61 Å². The normalized spacial score (nSPS) is 12.2. The zero-order valence-electron chi connectivity index (χ0n) is 12.4. The van der Waals surface area contributed by atoms with Crippen molar-refractivity contribution in [1.29, 1.82) is 0 Å². The lowest BCUT2D eigenvalue weighted by atomic mass is 9.97. The van der Waals surface area contributed by atoms with Crippen LogP contribution in [-0.4, -0.2) is 12.6 Å². The molecule has 0 spiro atoms. The fourth-order valence-electron chi connectivity index (χ4n) is 1.98. The van der Waals surface area contributed by atoms with Crippen LogP contribution in [0.15, 0.2) is 24.3 Å². The highest BCUT2D eigenvalue weighted by molar-refractivity contribution is 5.77. The van der Waals surface area contributed by atoms with Crippen LogP contribution in [0, 0.1) is 0 Å². The molecule has 1 aromatic carbocycles. The molecule has 0 aliphatic rings. The molecule has 1 atom stereocenters. The fraction of sp³-hybridized carbons (Fsp3) is 0.588. The minimum absolute atomic E-state index is 0.110. The van der Waals surface area contributed by atoms with Crippen LogP contribution in [0.2, 0.25) is 0 Å². The molecule has 1 aromatic rings. The van der Waals surface area contributed by atoms with Gasteiger partial charge in [-0.25, -0.2) is 0 Å². The van der Waals surface area contributed by atoms with Crippen LogP contribution in [0.1, 0.15) is 63.5 Å². The van der Waals surface area contributed by atoms with Crippen LogP contribution in [0.5, 0.6) is 0 Å². The smallest absolute Gasteiger partial charge is 0.313 e. The lowest BCUT2D eigenvalue weighted by molar-refractivity contribution is -0.145. The van der Waals surface area contributed by atoms with Gasteiger partial charge in [-0.3, -0.25) is 4.79 Å². The molecule has 2 heteroatoms. The molecule has 106 valence electrons. The number of carbonyl (C=O) groups excluding carboxylic acids is 1. The topological polar surface area (TPSA) is 26.3 Å². The number of benzene rings is 1. The van der Waals surface area contributed by atoms with Gasteiger partial charge in [-0.1, -0.05) is 51.0 Å². The van der Waals surface area contributed by atoms with Crippen molar-refractivity contribution in [3.05, 3.63) is 35.4 Å². The van der Waals surface area contributed by atoms with E-state index in [1.54, 1.807) is 0 Å². The van der Waals surface area contributed by atoms with Crippen molar-refractivity contribution < 1.29 is 9.53 Å². The molecule has 0 N–H and O–H groups in total. The molecule has 0 aliphatic heterocycles. The van der Waals surface area contributed by atoms with Crippen LogP contribution in [0.25, 0.3) is 0 Å². The van der Waals surface area contributed by atoms with Crippen molar-refractivity contribution in [2.24, 2.45) is 0 Å². The lowest BCUT2D eigenvalue weighted by Crippen LogP contribution is -2.14. The Bertz CT molecular complexity index is 385. The van der Waals surface area contributed by atoms with Gasteiger partial charge in [-0.2, -0.15) is 0 Å². The number of hydrogen-bond acceptors (Lipinski definition) is 2. The summed E-state index contributed by atoms with van der Waals surface area (Å²) in [4.78, 5) is 11.9. The molecule has 19 heavy (non-hydrogen) atoms. The quantitative estimate of drug-likeness (QED) is 0.510. The van der Waals surface area contributed by atoms with E-state index in [1.165, 1.54) is 18.4 Å². The molecule has 2 nitrogen and oxygen atoms in total. The number of ether oxygens (including phenoxy) is 1. The highest BCUT2D eigenvalue weighted by Crippen LogP contribution is 2.19. The molecule has 1 unspecified atom stereocenters. The number of carbonyl (C=O) groups is 1. The number of hydrogen-bond donors (Lipinski definition) is 0. The van der Waals surface area contributed by atoms with Gasteiger partial charge >= 0.3 is 5.97 Å². The zero-order valence-corrected chi connectivity index (χ0v) is 12.4. The van der Waals surface area contributed by atoms with E-state index in [2.05, 4.69) is 26.0 Å². The Labute approximate surface area is 117 Å². The summed E-state index contributed by atoms with van der Waals surface area (Å²) in [6.07, 6.45) is 5.46. The SMILES string of the molecule is CCCCOC(=O)C(C)c1cccc(CCCC)c1. The molecule has 0 amide bonds. The molecule has 0 bridgehead atoms. The second-order valence-corrected chi connectivity index (χ2v) is 5.09. The van der Waals surface area contributed by atoms with E-state index >= 15 is 0 Å². The third-order valence-electron chi connectivity index (χ3n) is 3.37. The summed E-state index contributed by atoms with van der Waals surface area (Å²) in [6.45, 7) is 6.74. The summed E-state index contributed by atoms with van der Waals surface area (Å²) in [6, 6.07) is 8.33. The standard InChI is InChI=1S/C17H26O2/c1-4-6-9-15-10-8-11-16(13-15)14(3)17(18)19-12-7-5-2/h8,10-11,13-14H,4-7,9,12H2,1-3H3. The van der Waals surface area contributed by atoms with Crippen LogP contribution in [0.4, 0.5) is 0 Å². The molecule has 0 saturated carbocycles. The summed E-state index contributed by atoms with van der Waals surface area (Å²) >= 11 is 0. The monoisotopic (exact) mass is 262 g/mol. The molecule has 1 rings (SSSR count). The summed E-state index contributed by atoms with van der Waals surface area (Å²) < 4.78 is 5.28. The molecule has 0 radical (unpaired) electrons. The van der Waals surface area contributed by atoms with Gasteiger partial charge in [0.2, 0.25) is 0 Å². The number of aryl methyl sites for hydroxylation is 1. The predicted octanol–water partition coefficient (Wildman–Crippen LogP) is 4.48. The van der Waals surface area contributed by atoms with Crippen LogP contribution < -0.4 is 0 Å². The van der Waals surface area contributed by atoms with Gasteiger partial charge in [0.1, 0.15) is 0 Å². The molecular formula is C17H26O2. The fourth-order valence-corrected chi connectivity index (χ4v) is 1.98. The zero-order chi connectivity index (χ0) is 14.1. The molecule has 0 heterocycles. The lowest BCUT2D eigenvalue weighted by Gasteiger charge is -2.13. The van der Waals surface area contributed by atoms with Gasteiger partial charge < -0.3 is 4.74 Å². The Balaban J connectivity index is 2.59. The van der Waals surface area contributed by atoms with Crippen molar-refractivity contribution in [3.63, 3.8) is 0 Å². The third kappa shape index (κ3) is 5.46. The summed E-state index contributed by atoms with van der Waals surface area (Å²) in [5, 5.41) is 0. The number of unbranched alkanes of at least 4 members (excludes halogenated alkanes) is 2. The molecule has 0 aromatic heterocycles. The minimum atomic E-state index is -0.168. The maximum absolute atomic E-state index is 11.9. The number of esters is 1. The Hall–Kier alpha value is -1.31. The Morgan fingerprint density at radius 3 is 2.63 bits per heavy atom. The Morgan fingerprint density at radius 2 is 1.95 bits per heavy atom. The van der Waals surface area contributed by atoms with Crippen LogP contribution in [-0.2, 0) is 16.0 Å². The van der Waals surface area contributed by atoms with Crippen molar-refractivity contribution >= 4 is 5.97 Å². The highest BCUT2D eigenvalue weighted by atomic mass is 16.5. The highest BCUT2D eigenvalue weighted by Gasteiger charge is 2.16. The minimum Gasteiger partial charge on any atom is -0.465 e. The molecular weight excluding hydrogens is 236 g/mol. The Kier molecular flexibility index (Phi) is 7.24. The summed E-state index contributed by atoms with van der Waals surface area (Å²) in [5.41, 5.74) is 2.38. The third-order valence-corrected chi connectivity index (χ3v) is 3.37. The number of rotatable bonds is 8. The average Bonchev–Trinajstić information content (AvgIpc) is 2.44. The van der Waals surface area contributed by atoms with Gasteiger partial charge in [0.25, 0.3) is 0 Å². The largest absolute Gasteiger partial charge is 0.465 e. The molecule has 0 saturated heterocycles. The van der Waals surface area contributed by atoms with Gasteiger partial charge in [-0.05, 0) is 37.3 Å². The summed E-state index contributed by atoms with van der Waals surface area (Å²) in [5.74, 6) is -0.278. The van der Waals surface area contributed by atoms with E-state index in [9.17, 15) is 4.79 Å². The van der Waals surface area contributed by atoms with E-state index in [0.29, 0.717) is 6.61 Å². The van der Waals surface area contributed by atoms with Gasteiger partial charge in [0.15, 0.2) is 0 Å². The predicted molar refractivity (Wildman–Crippen MR) is 79.3 cm³/mol. The maximum atomic E-state index is 11.9. The van der Waals surface area contributed by atoms with E-state index in [0.717, 1.165) is 24.8 Å². The van der Waals surface area contributed by atoms with Gasteiger partial charge in [-0.15, -0.1) is 0 Å². The Morgan fingerprint density at radius 1 is 1.21 bits per heavy atom. The average molecular weight is 262 g/mol. The van der Waals surface area contributed by atoms with E-state index < -0.39 is 0 Å². The van der Waals surface area contributed by atoms with Crippen molar-refractivity contribution in [1.82, 2.24) is 0 Å².